The first-order valence-corrected chi connectivity index (χ1v) is 7.08. The number of hydrogen-bond donors (Lipinski definition) is 1. The lowest BCUT2D eigenvalue weighted by atomic mass is 9.93. The van der Waals surface area contributed by atoms with Crippen LogP contribution in [0.25, 0.3) is 0 Å². The zero-order valence-corrected chi connectivity index (χ0v) is 12.0. The van der Waals surface area contributed by atoms with Crippen LogP contribution in [0, 0.1) is 13.8 Å². The van der Waals surface area contributed by atoms with E-state index >= 15 is 0 Å². The molecule has 3 nitrogen and oxygen atoms in total. The zero-order valence-electron chi connectivity index (χ0n) is 12.0. The van der Waals surface area contributed by atoms with E-state index in [1.54, 1.807) is 0 Å². The summed E-state index contributed by atoms with van der Waals surface area (Å²) in [6.07, 6.45) is 4.63. The standard InChI is InChI=1S/C16H22O3/c1-4-5-9-19-16(18)14-10(2)11(3)15(17)13-8-6-7-12(13)14/h17H,4-9H2,1-3H3. The smallest absolute Gasteiger partial charge is 0.338 e. The molecule has 0 atom stereocenters. The first-order valence-electron chi connectivity index (χ1n) is 7.08. The Morgan fingerprint density at radius 3 is 2.58 bits per heavy atom. The van der Waals surface area contributed by atoms with Gasteiger partial charge in [-0.2, -0.15) is 0 Å². The number of phenolic OH excluding ortho intramolecular Hbond substituents is 1. The predicted octanol–water partition coefficient (Wildman–Crippen LogP) is 3.45. The Labute approximate surface area is 114 Å². The minimum absolute atomic E-state index is 0.229. The molecule has 0 fully saturated rings. The molecular weight excluding hydrogens is 240 g/mol. The fraction of sp³-hybridized carbons (Fsp3) is 0.562. The number of fused-ring (bicyclic) bond motifs is 1. The van der Waals surface area contributed by atoms with Crippen LogP contribution in [0.5, 0.6) is 5.75 Å². The number of phenols is 1. The van der Waals surface area contributed by atoms with Gasteiger partial charge in [0.15, 0.2) is 0 Å². The summed E-state index contributed by atoms with van der Waals surface area (Å²) in [5, 5.41) is 10.2. The molecule has 0 aromatic heterocycles. The molecule has 1 aromatic carbocycles. The van der Waals surface area contributed by atoms with Crippen molar-refractivity contribution in [2.45, 2.75) is 52.9 Å². The molecule has 2 rings (SSSR count). The molecule has 0 unspecified atom stereocenters. The first-order chi connectivity index (χ1) is 9.07. The number of benzene rings is 1. The fourth-order valence-corrected chi connectivity index (χ4v) is 2.76. The molecule has 1 aliphatic rings. The lowest BCUT2D eigenvalue weighted by Crippen LogP contribution is -2.12. The first kappa shape index (κ1) is 13.9. The van der Waals surface area contributed by atoms with Crippen molar-refractivity contribution in [1.82, 2.24) is 0 Å². The number of ether oxygens (including phenoxy) is 1. The molecule has 0 radical (unpaired) electrons. The van der Waals surface area contributed by atoms with E-state index in [0.29, 0.717) is 17.9 Å². The molecule has 1 N–H and O–H groups in total. The number of aromatic hydroxyl groups is 1. The summed E-state index contributed by atoms with van der Waals surface area (Å²) in [6.45, 7) is 6.31. The number of carbonyl (C=O) groups is 1. The molecule has 0 saturated carbocycles. The van der Waals surface area contributed by atoms with E-state index in [1.807, 2.05) is 13.8 Å². The Hall–Kier alpha value is -1.51. The molecule has 104 valence electrons. The largest absolute Gasteiger partial charge is 0.507 e. The van der Waals surface area contributed by atoms with Crippen LogP contribution in [-0.2, 0) is 17.6 Å². The monoisotopic (exact) mass is 262 g/mol. The van der Waals surface area contributed by atoms with Gasteiger partial charge in [-0.25, -0.2) is 4.79 Å². The molecule has 0 bridgehead atoms. The highest BCUT2D eigenvalue weighted by atomic mass is 16.5. The fourth-order valence-electron chi connectivity index (χ4n) is 2.76. The van der Waals surface area contributed by atoms with Crippen LogP contribution in [0.4, 0.5) is 0 Å². The van der Waals surface area contributed by atoms with Gasteiger partial charge in [-0.15, -0.1) is 0 Å². The summed E-state index contributed by atoms with van der Waals surface area (Å²) in [4.78, 5) is 12.3. The van der Waals surface area contributed by atoms with Crippen molar-refractivity contribution in [2.24, 2.45) is 0 Å². The van der Waals surface area contributed by atoms with Gasteiger partial charge in [0.05, 0.1) is 12.2 Å². The lowest BCUT2D eigenvalue weighted by Gasteiger charge is -2.16. The van der Waals surface area contributed by atoms with Crippen molar-refractivity contribution in [1.29, 1.82) is 0 Å². The summed E-state index contributed by atoms with van der Waals surface area (Å²) in [6, 6.07) is 0. The van der Waals surface area contributed by atoms with Crippen LogP contribution >= 0.6 is 0 Å². The molecule has 1 aliphatic carbocycles. The molecule has 0 saturated heterocycles. The maximum atomic E-state index is 12.3. The third-order valence-corrected chi connectivity index (χ3v) is 4.03. The summed E-state index contributed by atoms with van der Waals surface area (Å²) in [5.41, 5.74) is 4.31. The number of carbonyl (C=O) groups excluding carboxylic acids is 1. The number of esters is 1. The van der Waals surface area contributed by atoms with Gasteiger partial charge in [-0.3, -0.25) is 0 Å². The van der Waals surface area contributed by atoms with E-state index < -0.39 is 0 Å². The van der Waals surface area contributed by atoms with Crippen LogP contribution in [-0.4, -0.2) is 17.7 Å². The average Bonchev–Trinajstić information content (AvgIpc) is 2.85. The molecule has 0 heterocycles. The zero-order chi connectivity index (χ0) is 14.0. The second-order valence-corrected chi connectivity index (χ2v) is 5.27. The number of hydrogen-bond acceptors (Lipinski definition) is 3. The van der Waals surface area contributed by atoms with Crippen LogP contribution in [0.1, 0.15) is 58.8 Å². The molecule has 19 heavy (non-hydrogen) atoms. The van der Waals surface area contributed by atoms with Crippen molar-refractivity contribution < 1.29 is 14.6 Å². The highest BCUT2D eigenvalue weighted by Crippen LogP contribution is 2.38. The molecular formula is C16H22O3. The predicted molar refractivity (Wildman–Crippen MR) is 74.8 cm³/mol. The normalized spacial score (nSPS) is 13.4. The van der Waals surface area contributed by atoms with E-state index in [-0.39, 0.29) is 5.97 Å². The van der Waals surface area contributed by atoms with Crippen molar-refractivity contribution in [3.63, 3.8) is 0 Å². The van der Waals surface area contributed by atoms with Gasteiger partial charge in [0.1, 0.15) is 5.75 Å². The van der Waals surface area contributed by atoms with Crippen LogP contribution in [0.3, 0.4) is 0 Å². The van der Waals surface area contributed by atoms with Gasteiger partial charge in [0.25, 0.3) is 0 Å². The van der Waals surface area contributed by atoms with Crippen molar-refractivity contribution in [3.05, 3.63) is 27.8 Å². The molecule has 0 amide bonds. The van der Waals surface area contributed by atoms with E-state index in [9.17, 15) is 9.90 Å². The Morgan fingerprint density at radius 2 is 1.89 bits per heavy atom. The second-order valence-electron chi connectivity index (χ2n) is 5.27. The molecule has 0 aliphatic heterocycles. The Morgan fingerprint density at radius 1 is 1.21 bits per heavy atom. The maximum absolute atomic E-state index is 12.3. The minimum atomic E-state index is -0.229. The topological polar surface area (TPSA) is 46.5 Å². The Balaban J connectivity index is 2.37. The van der Waals surface area contributed by atoms with Gasteiger partial charge in [-0.05, 0) is 61.8 Å². The SMILES string of the molecule is CCCCOC(=O)c1c(C)c(C)c(O)c2c1CCC2. The van der Waals surface area contributed by atoms with Gasteiger partial charge in [0.2, 0.25) is 0 Å². The van der Waals surface area contributed by atoms with E-state index in [4.69, 9.17) is 4.74 Å². The van der Waals surface area contributed by atoms with E-state index in [0.717, 1.165) is 54.4 Å². The third kappa shape index (κ3) is 2.46. The average molecular weight is 262 g/mol. The highest BCUT2D eigenvalue weighted by Gasteiger charge is 2.27. The second kappa shape index (κ2) is 5.64. The Kier molecular flexibility index (Phi) is 4.13. The van der Waals surface area contributed by atoms with Crippen molar-refractivity contribution in [2.75, 3.05) is 6.61 Å². The molecule has 0 spiro atoms. The summed E-state index contributed by atoms with van der Waals surface area (Å²) in [5.74, 6) is 0.141. The maximum Gasteiger partial charge on any atom is 0.338 e. The number of rotatable bonds is 4. The van der Waals surface area contributed by atoms with Crippen LogP contribution < -0.4 is 0 Å². The lowest BCUT2D eigenvalue weighted by molar-refractivity contribution is 0.0497. The number of unbranched alkanes of at least 4 members (excludes halogenated alkanes) is 1. The van der Waals surface area contributed by atoms with Crippen LogP contribution in [0.15, 0.2) is 0 Å². The van der Waals surface area contributed by atoms with Gasteiger partial charge in [0, 0.05) is 0 Å². The molecule has 1 aromatic rings. The summed E-state index contributed by atoms with van der Waals surface area (Å²) >= 11 is 0. The highest BCUT2D eigenvalue weighted by molar-refractivity contribution is 5.94. The Bertz CT molecular complexity index is 503. The van der Waals surface area contributed by atoms with Gasteiger partial charge in [-0.1, -0.05) is 13.3 Å². The van der Waals surface area contributed by atoms with E-state index in [2.05, 4.69) is 6.92 Å². The van der Waals surface area contributed by atoms with Crippen molar-refractivity contribution in [3.8, 4) is 5.75 Å². The van der Waals surface area contributed by atoms with Crippen molar-refractivity contribution >= 4 is 5.97 Å². The quantitative estimate of drug-likeness (QED) is 0.667. The summed E-state index contributed by atoms with van der Waals surface area (Å²) < 4.78 is 5.35. The third-order valence-electron chi connectivity index (χ3n) is 4.03. The minimum Gasteiger partial charge on any atom is -0.507 e. The summed E-state index contributed by atoms with van der Waals surface area (Å²) in [7, 11) is 0. The molecule has 3 heteroatoms. The van der Waals surface area contributed by atoms with E-state index in [1.165, 1.54) is 0 Å². The van der Waals surface area contributed by atoms with Gasteiger partial charge < -0.3 is 9.84 Å². The van der Waals surface area contributed by atoms with Gasteiger partial charge >= 0.3 is 5.97 Å². The van der Waals surface area contributed by atoms with Crippen LogP contribution in [0.2, 0.25) is 0 Å².